The molecule has 2 aromatic carbocycles. The van der Waals surface area contributed by atoms with E-state index >= 15 is 0 Å². The Labute approximate surface area is 182 Å². The Morgan fingerprint density at radius 1 is 1.03 bits per heavy atom. The quantitative estimate of drug-likeness (QED) is 0.441. The molecule has 2 heterocycles. The van der Waals surface area contributed by atoms with Crippen LogP contribution >= 0.6 is 0 Å². The maximum Gasteiger partial charge on any atom is 0.243 e. The van der Waals surface area contributed by atoms with Crippen molar-refractivity contribution in [1.82, 2.24) is 25.1 Å². The third kappa shape index (κ3) is 5.42. The Morgan fingerprint density at radius 3 is 2.53 bits per heavy atom. The van der Waals surface area contributed by atoms with E-state index in [0.29, 0.717) is 22.9 Å². The molecule has 0 unspecified atom stereocenters. The van der Waals surface area contributed by atoms with Crippen molar-refractivity contribution in [3.63, 3.8) is 0 Å². The predicted molar refractivity (Wildman–Crippen MR) is 113 cm³/mol. The summed E-state index contributed by atoms with van der Waals surface area (Å²) in [6.45, 7) is -0.157. The number of aromatic nitrogens is 4. The number of benzene rings is 2. The van der Waals surface area contributed by atoms with E-state index in [0.717, 1.165) is 5.69 Å². The van der Waals surface area contributed by atoms with E-state index in [1.807, 2.05) is 0 Å². The van der Waals surface area contributed by atoms with Gasteiger partial charge >= 0.3 is 0 Å². The van der Waals surface area contributed by atoms with Crippen molar-refractivity contribution >= 4 is 17.5 Å². The molecule has 0 aliphatic carbocycles. The molecule has 2 amide bonds. The Bertz CT molecular complexity index is 1190. The summed E-state index contributed by atoms with van der Waals surface area (Å²) >= 11 is 0. The van der Waals surface area contributed by atoms with Crippen molar-refractivity contribution in [2.45, 2.75) is 12.8 Å². The Kier molecular flexibility index (Phi) is 6.30. The van der Waals surface area contributed by atoms with E-state index in [9.17, 15) is 14.0 Å². The normalized spacial score (nSPS) is 10.7. The van der Waals surface area contributed by atoms with Gasteiger partial charge in [0.1, 0.15) is 18.5 Å². The molecule has 0 fully saturated rings. The number of carbonyl (C=O) groups excluding carboxylic acids is 2. The van der Waals surface area contributed by atoms with Crippen molar-refractivity contribution in [2.75, 3.05) is 11.9 Å². The highest BCUT2D eigenvalue weighted by Crippen LogP contribution is 2.21. The minimum Gasteiger partial charge on any atom is -0.441 e. The maximum atomic E-state index is 13.0. The molecule has 2 aromatic heterocycles. The van der Waals surface area contributed by atoms with Gasteiger partial charge in [0, 0.05) is 24.1 Å². The molecule has 0 saturated carbocycles. The lowest BCUT2D eigenvalue weighted by molar-refractivity contribution is -0.124. The number of anilines is 1. The van der Waals surface area contributed by atoms with Crippen LogP contribution in [0.25, 0.3) is 17.0 Å². The highest BCUT2D eigenvalue weighted by Gasteiger charge is 2.11. The second kappa shape index (κ2) is 9.65. The van der Waals surface area contributed by atoms with Gasteiger partial charge in [-0.1, -0.05) is 0 Å². The number of hydrogen-bond acceptors (Lipinski definition) is 6. The van der Waals surface area contributed by atoms with Gasteiger partial charge in [-0.2, -0.15) is 5.10 Å². The molecule has 4 aromatic rings. The molecule has 0 radical (unpaired) electrons. The molecular weight excluding hydrogens is 415 g/mol. The van der Waals surface area contributed by atoms with Crippen molar-refractivity contribution in [1.29, 1.82) is 0 Å². The van der Waals surface area contributed by atoms with Crippen LogP contribution in [0.1, 0.15) is 12.3 Å². The number of rotatable bonds is 8. The second-order valence-electron chi connectivity index (χ2n) is 6.84. The largest absolute Gasteiger partial charge is 0.441 e. The van der Waals surface area contributed by atoms with Gasteiger partial charge in [0.15, 0.2) is 11.7 Å². The molecule has 162 valence electrons. The van der Waals surface area contributed by atoms with E-state index < -0.39 is 0 Å². The van der Waals surface area contributed by atoms with Gasteiger partial charge < -0.3 is 15.1 Å². The number of oxazole rings is 1. The molecule has 4 rings (SSSR count). The first-order chi connectivity index (χ1) is 15.6. The van der Waals surface area contributed by atoms with Crippen LogP contribution in [0.4, 0.5) is 10.1 Å². The number of carbonyl (C=O) groups is 2. The summed E-state index contributed by atoms with van der Waals surface area (Å²) < 4.78 is 20.2. The number of aryl methyl sites for hydroxylation is 1. The molecule has 0 bridgehead atoms. The minimum absolute atomic E-state index is 0.114. The van der Waals surface area contributed by atoms with Crippen LogP contribution in [0.15, 0.2) is 71.8 Å². The predicted octanol–water partition coefficient (Wildman–Crippen LogP) is 2.75. The van der Waals surface area contributed by atoms with Gasteiger partial charge in [0.25, 0.3) is 0 Å². The van der Waals surface area contributed by atoms with Crippen LogP contribution in [0.2, 0.25) is 0 Å². The molecule has 9 nitrogen and oxygen atoms in total. The zero-order valence-corrected chi connectivity index (χ0v) is 16.9. The third-order valence-corrected chi connectivity index (χ3v) is 4.53. The Balaban J connectivity index is 1.20. The molecule has 0 aliphatic heterocycles. The molecule has 32 heavy (non-hydrogen) atoms. The van der Waals surface area contributed by atoms with Crippen LogP contribution in [0, 0.1) is 5.82 Å². The second-order valence-corrected chi connectivity index (χ2v) is 6.84. The smallest absolute Gasteiger partial charge is 0.243 e. The van der Waals surface area contributed by atoms with Crippen LogP contribution in [0.3, 0.4) is 0 Å². The number of amides is 2. The van der Waals surface area contributed by atoms with Gasteiger partial charge in [-0.05, 0) is 48.5 Å². The lowest BCUT2D eigenvalue weighted by atomic mass is 10.2. The summed E-state index contributed by atoms with van der Waals surface area (Å²) in [7, 11) is 0. The van der Waals surface area contributed by atoms with Gasteiger partial charge in [0.05, 0.1) is 18.4 Å². The maximum absolute atomic E-state index is 13.0. The fraction of sp³-hybridized carbons (Fsp3) is 0.136. The first-order valence-electron chi connectivity index (χ1n) is 9.79. The SMILES string of the molecule is O=C(CCc1ncc(-c2ccc(F)cc2)o1)NCC(=O)Nc1ccc(-n2cncn2)cc1. The van der Waals surface area contributed by atoms with Gasteiger partial charge in [0.2, 0.25) is 11.8 Å². The van der Waals surface area contributed by atoms with E-state index in [1.165, 1.54) is 24.7 Å². The molecule has 0 saturated heterocycles. The van der Waals surface area contributed by atoms with Crippen LogP contribution in [-0.2, 0) is 16.0 Å². The van der Waals surface area contributed by atoms with Gasteiger partial charge in [-0.25, -0.2) is 19.0 Å². The van der Waals surface area contributed by atoms with Gasteiger partial charge in [-0.3, -0.25) is 9.59 Å². The summed E-state index contributed by atoms with van der Waals surface area (Å²) in [5.74, 6) is -0.103. The Hall–Kier alpha value is -4.34. The monoisotopic (exact) mass is 434 g/mol. The van der Waals surface area contributed by atoms with Crippen LogP contribution in [-0.4, -0.2) is 38.1 Å². The molecule has 0 atom stereocenters. The van der Waals surface area contributed by atoms with Crippen LogP contribution < -0.4 is 10.6 Å². The van der Waals surface area contributed by atoms with E-state index in [2.05, 4.69) is 25.7 Å². The van der Waals surface area contributed by atoms with Gasteiger partial charge in [-0.15, -0.1) is 0 Å². The first-order valence-corrected chi connectivity index (χ1v) is 9.79. The van der Waals surface area contributed by atoms with Crippen molar-refractivity contribution in [2.24, 2.45) is 0 Å². The highest BCUT2D eigenvalue weighted by atomic mass is 19.1. The fourth-order valence-corrected chi connectivity index (χ4v) is 2.91. The van der Waals surface area contributed by atoms with Crippen molar-refractivity contribution in [3.05, 3.63) is 79.1 Å². The van der Waals surface area contributed by atoms with Crippen LogP contribution in [0.5, 0.6) is 0 Å². The van der Waals surface area contributed by atoms with Crippen molar-refractivity contribution in [3.8, 4) is 17.0 Å². The first kappa shape index (κ1) is 20.9. The lowest BCUT2D eigenvalue weighted by Crippen LogP contribution is -2.32. The van der Waals surface area contributed by atoms with E-state index in [-0.39, 0.29) is 37.0 Å². The Morgan fingerprint density at radius 2 is 1.81 bits per heavy atom. The average molecular weight is 434 g/mol. The topological polar surface area (TPSA) is 115 Å². The number of hydrogen-bond donors (Lipinski definition) is 2. The number of nitrogens with zero attached hydrogens (tertiary/aromatic N) is 4. The minimum atomic E-state index is -0.346. The summed E-state index contributed by atoms with van der Waals surface area (Å²) in [4.78, 5) is 32.1. The zero-order chi connectivity index (χ0) is 22.3. The number of halogens is 1. The molecular formula is C22H19FN6O3. The fourth-order valence-electron chi connectivity index (χ4n) is 2.91. The molecule has 2 N–H and O–H groups in total. The molecule has 10 heteroatoms. The summed E-state index contributed by atoms with van der Waals surface area (Å²) in [6, 6.07) is 12.9. The highest BCUT2D eigenvalue weighted by molar-refractivity contribution is 5.94. The van der Waals surface area contributed by atoms with Crippen molar-refractivity contribution < 1.29 is 18.4 Å². The van der Waals surface area contributed by atoms with E-state index in [4.69, 9.17) is 4.42 Å². The summed E-state index contributed by atoms with van der Waals surface area (Å²) in [5.41, 5.74) is 2.10. The standard InChI is InChI=1S/C22H19FN6O3/c23-16-3-1-15(2-4-16)19-11-26-22(32-19)10-9-20(30)25-12-21(31)28-17-5-7-18(8-6-17)29-14-24-13-27-29/h1-8,11,13-14H,9-10,12H2,(H,25,30)(H,28,31). The summed E-state index contributed by atoms with van der Waals surface area (Å²) in [5, 5.41) is 9.31. The number of nitrogens with one attached hydrogen (secondary N) is 2. The van der Waals surface area contributed by atoms with E-state index in [1.54, 1.807) is 47.4 Å². The third-order valence-electron chi connectivity index (χ3n) is 4.53. The lowest BCUT2D eigenvalue weighted by Gasteiger charge is -2.07. The molecule has 0 spiro atoms. The summed E-state index contributed by atoms with van der Waals surface area (Å²) in [6.07, 6.45) is 4.93. The average Bonchev–Trinajstić information content (AvgIpc) is 3.50. The molecule has 0 aliphatic rings. The zero-order valence-electron chi connectivity index (χ0n) is 16.9.